The summed E-state index contributed by atoms with van der Waals surface area (Å²) < 4.78 is 2.68. The second-order valence-corrected chi connectivity index (χ2v) is 8.11. The number of rotatable bonds is 6. The molecule has 4 N–H and O–H groups in total. The van der Waals surface area contributed by atoms with Crippen LogP contribution in [-0.4, -0.2) is 62.0 Å². The van der Waals surface area contributed by atoms with Gasteiger partial charge >= 0.3 is 5.69 Å². The second-order valence-electron chi connectivity index (χ2n) is 8.11. The number of hydrogen-bond donors (Lipinski definition) is 3. The lowest BCUT2D eigenvalue weighted by atomic mass is 9.95. The quantitative estimate of drug-likeness (QED) is 0.535. The summed E-state index contributed by atoms with van der Waals surface area (Å²) in [7, 11) is 3.78. The van der Waals surface area contributed by atoms with E-state index in [1.807, 2.05) is 37.4 Å². The number of fused-ring (bicyclic) bond motifs is 1. The second kappa shape index (κ2) is 8.60. The summed E-state index contributed by atoms with van der Waals surface area (Å²) in [5, 5.41) is 17.2. The van der Waals surface area contributed by atoms with Crippen LogP contribution in [0.4, 0.5) is 5.95 Å². The maximum atomic E-state index is 13.2. The predicted molar refractivity (Wildman–Crippen MR) is 126 cm³/mol. The molecule has 9 heteroatoms. The molecule has 0 amide bonds. The van der Waals surface area contributed by atoms with E-state index < -0.39 is 0 Å². The highest BCUT2D eigenvalue weighted by Crippen LogP contribution is 2.35. The molecule has 1 aromatic carbocycles. The topological polar surface area (TPSA) is 114 Å². The van der Waals surface area contributed by atoms with Crippen LogP contribution >= 0.6 is 0 Å². The number of nitrogens with two attached hydrogens (primary N) is 1. The van der Waals surface area contributed by atoms with E-state index in [-0.39, 0.29) is 36.9 Å². The summed E-state index contributed by atoms with van der Waals surface area (Å²) in [6.07, 6.45) is 4.22. The Labute approximate surface area is 186 Å². The van der Waals surface area contributed by atoms with E-state index in [2.05, 4.69) is 46.3 Å². The Hall–Kier alpha value is -3.43. The van der Waals surface area contributed by atoms with Gasteiger partial charge < -0.3 is 21.1 Å². The van der Waals surface area contributed by atoms with Gasteiger partial charge in [-0.05, 0) is 32.5 Å². The fourth-order valence-electron chi connectivity index (χ4n) is 3.96. The average Bonchev–Trinajstić information content (AvgIpc) is 3.12. The number of nitrogens with one attached hydrogen (secondary N) is 1. The first-order chi connectivity index (χ1) is 15.3. The van der Waals surface area contributed by atoms with Crippen LogP contribution in [0.25, 0.3) is 22.5 Å². The number of allylic oxidation sites excluding steroid dienone is 3. The minimum Gasteiger partial charge on any atom is -0.395 e. The van der Waals surface area contributed by atoms with Crippen molar-refractivity contribution in [3.63, 3.8) is 0 Å². The number of aliphatic hydroxyl groups is 1. The number of likely N-dealkylation sites (N-methyl/N-ethyl adjacent to an activating group) is 2. The molecule has 0 saturated heterocycles. The summed E-state index contributed by atoms with van der Waals surface area (Å²) in [5.74, 6) is 0.0751. The number of aliphatic hydroxyl groups excluding tert-OH is 1. The van der Waals surface area contributed by atoms with Crippen LogP contribution in [0.1, 0.15) is 19.4 Å². The van der Waals surface area contributed by atoms with Crippen LogP contribution in [0.5, 0.6) is 0 Å². The van der Waals surface area contributed by atoms with Gasteiger partial charge in [0.1, 0.15) is 0 Å². The summed E-state index contributed by atoms with van der Waals surface area (Å²) in [4.78, 5) is 20.0. The molecule has 32 heavy (non-hydrogen) atoms. The fourth-order valence-corrected chi connectivity index (χ4v) is 3.96. The van der Waals surface area contributed by atoms with Gasteiger partial charge in [0, 0.05) is 30.4 Å². The molecule has 3 heterocycles. The maximum Gasteiger partial charge on any atom is 0.353 e. The fraction of sp³-hybridized carbons (Fsp3) is 0.348. The molecule has 2 aromatic heterocycles. The van der Waals surface area contributed by atoms with E-state index in [0.717, 1.165) is 22.4 Å². The van der Waals surface area contributed by atoms with Crippen molar-refractivity contribution in [2.75, 3.05) is 26.4 Å². The van der Waals surface area contributed by atoms with Gasteiger partial charge in [0.25, 0.3) is 0 Å². The number of anilines is 1. The Morgan fingerprint density at radius 1 is 1.28 bits per heavy atom. The van der Waals surface area contributed by atoms with Crippen molar-refractivity contribution in [3.8, 4) is 11.3 Å². The molecular weight excluding hydrogens is 406 g/mol. The van der Waals surface area contributed by atoms with Gasteiger partial charge in [0.05, 0.1) is 24.4 Å². The Bertz CT molecular complexity index is 1250. The van der Waals surface area contributed by atoms with E-state index >= 15 is 0 Å². The van der Waals surface area contributed by atoms with E-state index in [1.54, 1.807) is 7.05 Å². The zero-order valence-corrected chi connectivity index (χ0v) is 18.8. The number of aromatic nitrogens is 4. The molecule has 2 atom stereocenters. The molecule has 2 unspecified atom stereocenters. The average molecular weight is 436 g/mol. The molecule has 1 aliphatic rings. The van der Waals surface area contributed by atoms with Gasteiger partial charge in [-0.3, -0.25) is 0 Å². The summed E-state index contributed by atoms with van der Waals surface area (Å²) in [6, 6.07) is 9.61. The highest BCUT2D eigenvalue weighted by Gasteiger charge is 2.25. The molecule has 0 fully saturated rings. The predicted octanol–water partition coefficient (Wildman–Crippen LogP) is 1.34. The van der Waals surface area contributed by atoms with Crippen molar-refractivity contribution < 1.29 is 5.11 Å². The van der Waals surface area contributed by atoms with Crippen molar-refractivity contribution in [1.29, 1.82) is 0 Å². The van der Waals surface area contributed by atoms with Crippen LogP contribution < -0.4 is 16.7 Å². The zero-order chi connectivity index (χ0) is 23.0. The molecule has 4 rings (SSSR count). The van der Waals surface area contributed by atoms with Gasteiger partial charge in [-0.2, -0.15) is 0 Å². The third kappa shape index (κ3) is 3.69. The van der Waals surface area contributed by atoms with Gasteiger partial charge in [0.15, 0.2) is 5.65 Å². The minimum absolute atomic E-state index is 0.0751. The molecule has 9 nitrogen and oxygen atoms in total. The first-order valence-electron chi connectivity index (χ1n) is 10.6. The minimum atomic E-state index is -0.387. The third-order valence-electron chi connectivity index (χ3n) is 6.07. The van der Waals surface area contributed by atoms with Gasteiger partial charge in [-0.15, -0.1) is 5.10 Å². The largest absolute Gasteiger partial charge is 0.395 e. The van der Waals surface area contributed by atoms with Crippen LogP contribution in [0.15, 0.2) is 53.0 Å². The maximum absolute atomic E-state index is 13.2. The lowest BCUT2D eigenvalue weighted by Crippen LogP contribution is -2.37. The van der Waals surface area contributed by atoms with Gasteiger partial charge in [-0.25, -0.2) is 18.9 Å². The Kier molecular flexibility index (Phi) is 5.86. The standard InChI is InChI=1S/C23H29N7O2/c1-14-10-17(11-15(2)28(14)4)19-20(16-8-6-5-7-9-16)26-22(24)30-21(19)27-29(23(30)32)12-18(13-31)25-3/h5-11,14,18,25,31H,12-13H2,1-4H3,(H2,24,26). The first kappa shape index (κ1) is 21.8. The smallest absolute Gasteiger partial charge is 0.353 e. The molecule has 1 aliphatic heterocycles. The van der Waals surface area contributed by atoms with Crippen LogP contribution in [-0.2, 0) is 6.54 Å². The van der Waals surface area contributed by atoms with Gasteiger partial charge in [-0.1, -0.05) is 36.4 Å². The van der Waals surface area contributed by atoms with E-state index in [0.29, 0.717) is 11.3 Å². The Balaban J connectivity index is 2.03. The molecule has 3 aromatic rings. The number of nitrogens with zero attached hydrogens (tertiary/aromatic N) is 5. The van der Waals surface area contributed by atoms with E-state index in [4.69, 9.17) is 5.73 Å². The van der Waals surface area contributed by atoms with Crippen molar-refractivity contribution in [2.45, 2.75) is 32.5 Å². The summed E-state index contributed by atoms with van der Waals surface area (Å²) >= 11 is 0. The summed E-state index contributed by atoms with van der Waals surface area (Å²) in [5.41, 5.74) is 10.7. The first-order valence-corrected chi connectivity index (χ1v) is 10.6. The van der Waals surface area contributed by atoms with Crippen molar-refractivity contribution >= 4 is 17.2 Å². The van der Waals surface area contributed by atoms with Crippen molar-refractivity contribution in [1.82, 2.24) is 29.4 Å². The summed E-state index contributed by atoms with van der Waals surface area (Å²) in [6.45, 7) is 4.25. The lowest BCUT2D eigenvalue weighted by molar-refractivity contribution is 0.231. The van der Waals surface area contributed by atoms with E-state index in [9.17, 15) is 9.90 Å². The number of nitrogen functional groups attached to an aromatic ring is 1. The number of hydrogen-bond acceptors (Lipinski definition) is 7. The van der Waals surface area contributed by atoms with Crippen molar-refractivity contribution in [2.24, 2.45) is 0 Å². The van der Waals surface area contributed by atoms with Crippen LogP contribution in [0.3, 0.4) is 0 Å². The monoisotopic (exact) mass is 435 g/mol. The van der Waals surface area contributed by atoms with Crippen LogP contribution in [0, 0.1) is 0 Å². The normalized spacial score (nSPS) is 17.4. The Morgan fingerprint density at radius 2 is 2.00 bits per heavy atom. The Morgan fingerprint density at radius 3 is 2.62 bits per heavy atom. The lowest BCUT2D eigenvalue weighted by Gasteiger charge is -2.30. The molecule has 168 valence electrons. The van der Waals surface area contributed by atoms with Crippen LogP contribution in [0.2, 0.25) is 0 Å². The highest BCUT2D eigenvalue weighted by atomic mass is 16.3. The molecule has 0 bridgehead atoms. The molecule has 0 aliphatic carbocycles. The molecular formula is C23H29N7O2. The molecule has 0 saturated carbocycles. The molecule has 0 radical (unpaired) electrons. The van der Waals surface area contributed by atoms with E-state index in [1.165, 1.54) is 9.08 Å². The number of benzene rings is 1. The zero-order valence-electron chi connectivity index (χ0n) is 18.8. The molecule has 0 spiro atoms. The highest BCUT2D eigenvalue weighted by molar-refractivity contribution is 5.92. The third-order valence-corrected chi connectivity index (χ3v) is 6.07. The SMILES string of the molecule is CNC(CO)Cn1nc2c(C3=CC(C)N(C)C(C)=C3)c(-c3ccccc3)nc(N)n2c1=O. The van der Waals surface area contributed by atoms with Gasteiger partial charge in [0.2, 0.25) is 5.95 Å². The van der Waals surface area contributed by atoms with Crippen molar-refractivity contribution in [3.05, 3.63) is 64.2 Å².